The molecule has 29 heavy (non-hydrogen) atoms. The zero-order valence-corrected chi connectivity index (χ0v) is 18.4. The van der Waals surface area contributed by atoms with E-state index in [9.17, 15) is 0 Å². The maximum atomic E-state index is 4.81. The fraction of sp³-hybridized carbons (Fsp3) is 0.0370. The second kappa shape index (κ2) is 8.87. The molecular formula is C27H25P2+. The van der Waals surface area contributed by atoms with Crippen LogP contribution in [0.1, 0.15) is 0 Å². The van der Waals surface area contributed by atoms with Gasteiger partial charge in [0.25, 0.3) is 0 Å². The Morgan fingerprint density at radius 3 is 1.21 bits per heavy atom. The fourth-order valence-electron chi connectivity index (χ4n) is 3.70. The molecule has 0 N–H and O–H groups in total. The van der Waals surface area contributed by atoms with Crippen LogP contribution in [0, 0.1) is 0 Å². The van der Waals surface area contributed by atoms with Crippen molar-refractivity contribution in [1.29, 1.82) is 0 Å². The number of hydrogen-bond donors (Lipinski definition) is 0. The number of benzene rings is 4. The van der Waals surface area contributed by atoms with E-state index >= 15 is 0 Å². The minimum Gasteiger partial charge on any atom is -0.0622 e. The van der Waals surface area contributed by atoms with Crippen molar-refractivity contribution in [2.45, 2.75) is 0 Å². The van der Waals surface area contributed by atoms with E-state index in [-0.39, 0.29) is 0 Å². The lowest BCUT2D eigenvalue weighted by atomic mass is 10.4. The van der Waals surface area contributed by atoms with Crippen LogP contribution in [-0.2, 0) is 0 Å². The third-order valence-electron chi connectivity index (χ3n) is 5.35. The van der Waals surface area contributed by atoms with Gasteiger partial charge in [0.1, 0.15) is 22.9 Å². The normalized spacial score (nSPS) is 11.4. The minimum absolute atomic E-state index is 0.692. The standard InChI is InChI=1S/C27H25P2/c1-23(28(24-15-7-3-8-16-24)25-17-9-4-10-18-25)29(2,26-19-11-5-12-20-26)27-21-13-6-14-22-27/h3-22H,1H2,2H3/q+1. The third kappa shape index (κ3) is 3.97. The molecule has 4 aromatic carbocycles. The van der Waals surface area contributed by atoms with E-state index < -0.39 is 15.2 Å². The van der Waals surface area contributed by atoms with Crippen LogP contribution in [-0.4, -0.2) is 6.66 Å². The molecule has 0 bridgehead atoms. The van der Waals surface area contributed by atoms with Crippen LogP contribution in [0.5, 0.6) is 0 Å². The Morgan fingerprint density at radius 2 is 0.862 bits per heavy atom. The summed E-state index contributed by atoms with van der Waals surface area (Å²) in [5.41, 5.74) is 0. The predicted octanol–water partition coefficient (Wildman–Crippen LogP) is 5.89. The second-order valence-electron chi connectivity index (χ2n) is 7.10. The van der Waals surface area contributed by atoms with E-state index in [0.717, 1.165) is 0 Å². The molecule has 0 atom stereocenters. The maximum absolute atomic E-state index is 4.81. The first-order valence-corrected chi connectivity index (χ1v) is 13.4. The summed E-state index contributed by atoms with van der Waals surface area (Å²) in [6.07, 6.45) is 0. The summed E-state index contributed by atoms with van der Waals surface area (Å²) in [7, 11) is -2.51. The van der Waals surface area contributed by atoms with Gasteiger partial charge in [-0.2, -0.15) is 0 Å². The Kier molecular flexibility index (Phi) is 6.05. The summed E-state index contributed by atoms with van der Waals surface area (Å²) < 4.78 is 0. The number of hydrogen-bond acceptors (Lipinski definition) is 0. The molecule has 0 heterocycles. The van der Waals surface area contributed by atoms with Gasteiger partial charge in [-0.05, 0) is 34.9 Å². The van der Waals surface area contributed by atoms with Crippen LogP contribution >= 0.6 is 15.2 Å². The average Bonchev–Trinajstić information content (AvgIpc) is 2.81. The summed E-state index contributed by atoms with van der Waals surface area (Å²) >= 11 is 0. The first-order chi connectivity index (χ1) is 14.2. The molecule has 0 unspecified atom stereocenters. The van der Waals surface area contributed by atoms with E-state index in [0.29, 0.717) is 0 Å². The van der Waals surface area contributed by atoms with Gasteiger partial charge in [-0.15, -0.1) is 0 Å². The highest BCUT2D eigenvalue weighted by molar-refractivity contribution is 8.03. The van der Waals surface area contributed by atoms with Crippen molar-refractivity contribution < 1.29 is 0 Å². The van der Waals surface area contributed by atoms with Crippen molar-refractivity contribution in [2.75, 3.05) is 6.66 Å². The molecule has 2 heteroatoms. The SMILES string of the molecule is C=C(P(c1ccccc1)c1ccccc1)[P+](C)(c1ccccc1)c1ccccc1. The van der Waals surface area contributed by atoms with Gasteiger partial charge in [0.15, 0.2) is 0 Å². The van der Waals surface area contributed by atoms with Crippen LogP contribution in [0.15, 0.2) is 133 Å². The molecule has 0 saturated carbocycles. The molecule has 0 fully saturated rings. The Balaban J connectivity index is 1.92. The van der Waals surface area contributed by atoms with Gasteiger partial charge in [-0.3, -0.25) is 0 Å². The van der Waals surface area contributed by atoms with Gasteiger partial charge >= 0.3 is 0 Å². The highest BCUT2D eigenvalue weighted by Crippen LogP contribution is 2.70. The van der Waals surface area contributed by atoms with E-state index in [1.165, 1.54) is 26.3 Å². The molecule has 0 aliphatic rings. The summed E-state index contributed by atoms with van der Waals surface area (Å²) in [4.78, 5) is 0. The van der Waals surface area contributed by atoms with Gasteiger partial charge in [0.2, 0.25) is 0 Å². The Hall–Kier alpha value is -2.52. The van der Waals surface area contributed by atoms with Crippen LogP contribution in [0.4, 0.5) is 0 Å². The largest absolute Gasteiger partial charge is 0.109 e. The first-order valence-electron chi connectivity index (χ1n) is 9.79. The molecule has 4 rings (SSSR count). The molecule has 4 aromatic rings. The lowest BCUT2D eigenvalue weighted by Crippen LogP contribution is -2.25. The first kappa shape index (κ1) is 19.8. The van der Waals surface area contributed by atoms with E-state index in [2.05, 4.69) is 128 Å². The van der Waals surface area contributed by atoms with Crippen molar-refractivity contribution in [3.8, 4) is 0 Å². The predicted molar refractivity (Wildman–Crippen MR) is 133 cm³/mol. The number of rotatable bonds is 6. The quantitative estimate of drug-likeness (QED) is 0.347. The Labute approximate surface area is 176 Å². The van der Waals surface area contributed by atoms with Gasteiger partial charge in [0, 0.05) is 7.92 Å². The van der Waals surface area contributed by atoms with Gasteiger partial charge in [0.05, 0.1) is 6.66 Å². The summed E-state index contributed by atoms with van der Waals surface area (Å²) in [6, 6.07) is 43.6. The lowest BCUT2D eigenvalue weighted by Gasteiger charge is -2.30. The molecule has 0 amide bonds. The summed E-state index contributed by atoms with van der Waals surface area (Å²) in [6.45, 7) is 7.24. The molecule has 0 aromatic heterocycles. The van der Waals surface area contributed by atoms with Crippen LogP contribution in [0.3, 0.4) is 0 Å². The topological polar surface area (TPSA) is 0 Å². The van der Waals surface area contributed by atoms with Crippen LogP contribution < -0.4 is 21.2 Å². The van der Waals surface area contributed by atoms with E-state index in [4.69, 9.17) is 6.58 Å². The molecule has 142 valence electrons. The van der Waals surface area contributed by atoms with Gasteiger partial charge in [-0.1, -0.05) is 104 Å². The maximum Gasteiger partial charge on any atom is 0.109 e. The Morgan fingerprint density at radius 1 is 0.552 bits per heavy atom. The highest BCUT2D eigenvalue weighted by atomic mass is 31.2. The van der Waals surface area contributed by atoms with Crippen molar-refractivity contribution >= 4 is 36.4 Å². The lowest BCUT2D eigenvalue weighted by molar-refractivity contribution is 1.73. The Bertz CT molecular complexity index is 980. The van der Waals surface area contributed by atoms with Crippen molar-refractivity contribution in [1.82, 2.24) is 0 Å². The van der Waals surface area contributed by atoms with Crippen molar-refractivity contribution in [3.63, 3.8) is 0 Å². The summed E-state index contributed by atoms with van der Waals surface area (Å²) in [5.74, 6) is 0. The highest BCUT2D eigenvalue weighted by Gasteiger charge is 2.45. The van der Waals surface area contributed by atoms with Crippen molar-refractivity contribution in [2.24, 2.45) is 0 Å². The zero-order valence-electron chi connectivity index (χ0n) is 16.6. The van der Waals surface area contributed by atoms with Gasteiger partial charge in [-0.25, -0.2) is 0 Å². The average molecular weight is 411 g/mol. The smallest absolute Gasteiger partial charge is 0.0622 e. The van der Waals surface area contributed by atoms with Crippen LogP contribution in [0.2, 0.25) is 0 Å². The zero-order chi connectivity index (χ0) is 20.1. The molecule has 0 aliphatic carbocycles. The molecule has 0 spiro atoms. The fourth-order valence-corrected chi connectivity index (χ4v) is 11.0. The molecule has 0 nitrogen and oxygen atoms in total. The van der Waals surface area contributed by atoms with E-state index in [1.807, 2.05) is 0 Å². The second-order valence-corrected chi connectivity index (χ2v) is 13.3. The molecular weight excluding hydrogens is 386 g/mol. The van der Waals surface area contributed by atoms with Crippen molar-refractivity contribution in [3.05, 3.63) is 133 Å². The van der Waals surface area contributed by atoms with Crippen LogP contribution in [0.25, 0.3) is 0 Å². The molecule has 0 aliphatic heterocycles. The van der Waals surface area contributed by atoms with Gasteiger partial charge < -0.3 is 0 Å². The minimum atomic E-state index is -1.82. The third-order valence-corrected chi connectivity index (χ3v) is 13.0. The molecule has 0 saturated heterocycles. The van der Waals surface area contributed by atoms with E-state index in [1.54, 1.807) is 0 Å². The molecule has 0 radical (unpaired) electrons. The monoisotopic (exact) mass is 411 g/mol. The summed E-state index contributed by atoms with van der Waals surface area (Å²) in [5, 5.41) is 6.84.